The molecule has 7 heteroatoms. The SMILES string of the molecule is OCCN(CCN1CCOCC1)CC(O)c1ccc(F)cc1F. The fourth-order valence-corrected chi connectivity index (χ4v) is 2.66. The predicted molar refractivity (Wildman–Crippen MR) is 82.1 cm³/mol. The first-order chi connectivity index (χ1) is 11.1. The van der Waals surface area contributed by atoms with E-state index in [1.54, 1.807) is 0 Å². The van der Waals surface area contributed by atoms with Crippen LogP contribution in [0.1, 0.15) is 11.7 Å². The number of benzene rings is 1. The maximum Gasteiger partial charge on any atom is 0.131 e. The van der Waals surface area contributed by atoms with Crippen molar-refractivity contribution in [2.75, 3.05) is 59.1 Å². The summed E-state index contributed by atoms with van der Waals surface area (Å²) in [5, 5.41) is 19.4. The smallest absolute Gasteiger partial charge is 0.131 e. The second-order valence-corrected chi connectivity index (χ2v) is 5.66. The van der Waals surface area contributed by atoms with Crippen LogP contribution in [0.2, 0.25) is 0 Å². The highest BCUT2D eigenvalue weighted by Gasteiger charge is 2.18. The molecule has 1 unspecified atom stereocenters. The van der Waals surface area contributed by atoms with Crippen LogP contribution in [0, 0.1) is 11.6 Å². The Morgan fingerprint density at radius 2 is 1.96 bits per heavy atom. The maximum absolute atomic E-state index is 13.7. The van der Waals surface area contributed by atoms with Crippen molar-refractivity contribution in [2.45, 2.75) is 6.10 Å². The van der Waals surface area contributed by atoms with Gasteiger partial charge >= 0.3 is 0 Å². The average molecular weight is 330 g/mol. The third kappa shape index (κ3) is 5.78. The Morgan fingerprint density at radius 3 is 2.61 bits per heavy atom. The minimum absolute atomic E-state index is 0.0399. The van der Waals surface area contributed by atoms with E-state index in [0.717, 1.165) is 31.8 Å². The van der Waals surface area contributed by atoms with Crippen LogP contribution in [0.3, 0.4) is 0 Å². The zero-order valence-electron chi connectivity index (χ0n) is 13.1. The number of rotatable bonds is 8. The lowest BCUT2D eigenvalue weighted by Gasteiger charge is -2.30. The normalized spacial score (nSPS) is 17.6. The first kappa shape index (κ1) is 18.2. The van der Waals surface area contributed by atoms with E-state index in [4.69, 9.17) is 9.84 Å². The number of hydrogen-bond donors (Lipinski definition) is 2. The summed E-state index contributed by atoms with van der Waals surface area (Å²) in [5.74, 6) is -1.42. The molecule has 0 saturated carbocycles. The summed E-state index contributed by atoms with van der Waals surface area (Å²) in [7, 11) is 0. The van der Waals surface area contributed by atoms with Crippen molar-refractivity contribution in [1.29, 1.82) is 0 Å². The van der Waals surface area contributed by atoms with Gasteiger partial charge in [-0.1, -0.05) is 6.07 Å². The first-order valence-corrected chi connectivity index (χ1v) is 7.86. The van der Waals surface area contributed by atoms with Crippen LogP contribution in [-0.2, 0) is 4.74 Å². The molecule has 0 aliphatic carbocycles. The minimum Gasteiger partial charge on any atom is -0.395 e. The second kappa shape index (κ2) is 9.24. The first-order valence-electron chi connectivity index (χ1n) is 7.86. The molecule has 0 radical (unpaired) electrons. The maximum atomic E-state index is 13.7. The van der Waals surface area contributed by atoms with Crippen molar-refractivity contribution >= 4 is 0 Å². The number of ether oxygens (including phenoxy) is 1. The molecular weight excluding hydrogens is 306 g/mol. The zero-order chi connectivity index (χ0) is 16.7. The van der Waals surface area contributed by atoms with E-state index in [0.29, 0.717) is 26.3 Å². The van der Waals surface area contributed by atoms with Gasteiger partial charge in [0.05, 0.1) is 25.9 Å². The lowest BCUT2D eigenvalue weighted by atomic mass is 10.1. The van der Waals surface area contributed by atoms with E-state index in [-0.39, 0.29) is 18.7 Å². The molecule has 5 nitrogen and oxygen atoms in total. The minimum atomic E-state index is -1.06. The van der Waals surface area contributed by atoms with E-state index in [2.05, 4.69) is 4.90 Å². The fraction of sp³-hybridized carbons (Fsp3) is 0.625. The topological polar surface area (TPSA) is 56.2 Å². The molecule has 0 aromatic heterocycles. The Bertz CT molecular complexity index is 484. The molecule has 2 N–H and O–H groups in total. The van der Waals surface area contributed by atoms with Gasteiger partial charge in [-0.3, -0.25) is 9.80 Å². The van der Waals surface area contributed by atoms with Crippen LogP contribution in [0.25, 0.3) is 0 Å². The highest BCUT2D eigenvalue weighted by atomic mass is 19.1. The molecule has 1 fully saturated rings. The highest BCUT2D eigenvalue weighted by molar-refractivity contribution is 5.21. The van der Waals surface area contributed by atoms with Gasteiger partial charge in [-0.05, 0) is 6.07 Å². The quantitative estimate of drug-likeness (QED) is 0.732. The summed E-state index contributed by atoms with van der Waals surface area (Å²) < 4.78 is 32.0. The standard InChI is InChI=1S/C16H24F2N2O3/c17-13-1-2-14(15(18)11-13)16(22)12-20(5-8-21)4-3-19-6-9-23-10-7-19/h1-2,11,16,21-22H,3-10,12H2. The third-order valence-corrected chi connectivity index (χ3v) is 4.01. The van der Waals surface area contributed by atoms with Crippen LogP contribution in [0.5, 0.6) is 0 Å². The summed E-state index contributed by atoms with van der Waals surface area (Å²) in [4.78, 5) is 4.13. The molecule has 1 saturated heterocycles. The molecule has 1 aromatic rings. The summed E-state index contributed by atoms with van der Waals surface area (Å²) in [6.07, 6.45) is -1.06. The highest BCUT2D eigenvalue weighted by Crippen LogP contribution is 2.19. The Labute approximate surface area is 135 Å². The third-order valence-electron chi connectivity index (χ3n) is 4.01. The van der Waals surface area contributed by atoms with Gasteiger partial charge in [0.1, 0.15) is 11.6 Å². The molecule has 23 heavy (non-hydrogen) atoms. The Hall–Kier alpha value is -1.12. The fourth-order valence-electron chi connectivity index (χ4n) is 2.66. The lowest BCUT2D eigenvalue weighted by molar-refractivity contribution is 0.0281. The van der Waals surface area contributed by atoms with Gasteiger partial charge in [0.2, 0.25) is 0 Å². The molecule has 1 aliphatic heterocycles. The number of halogens is 2. The Morgan fingerprint density at radius 1 is 1.22 bits per heavy atom. The predicted octanol–water partition coefficient (Wildman–Crippen LogP) is 0.625. The molecule has 0 bridgehead atoms. The van der Waals surface area contributed by atoms with Crippen molar-refractivity contribution < 1.29 is 23.7 Å². The summed E-state index contributed by atoms with van der Waals surface area (Å²) in [6.45, 7) is 5.14. The van der Waals surface area contributed by atoms with Crippen molar-refractivity contribution in [3.8, 4) is 0 Å². The molecule has 1 atom stereocenters. The summed E-state index contributed by atoms with van der Waals surface area (Å²) in [5.41, 5.74) is 0.0701. The van der Waals surface area contributed by atoms with Crippen LogP contribution >= 0.6 is 0 Å². The molecule has 130 valence electrons. The van der Waals surface area contributed by atoms with Gasteiger partial charge in [-0.15, -0.1) is 0 Å². The van der Waals surface area contributed by atoms with Gasteiger partial charge < -0.3 is 14.9 Å². The largest absolute Gasteiger partial charge is 0.395 e. The van der Waals surface area contributed by atoms with Crippen LogP contribution in [0.15, 0.2) is 18.2 Å². The van der Waals surface area contributed by atoms with Crippen molar-refractivity contribution in [3.63, 3.8) is 0 Å². The summed E-state index contributed by atoms with van der Waals surface area (Å²) in [6, 6.07) is 3.16. The van der Waals surface area contributed by atoms with E-state index >= 15 is 0 Å². The molecular formula is C16H24F2N2O3. The van der Waals surface area contributed by atoms with Crippen molar-refractivity contribution in [2.24, 2.45) is 0 Å². The molecule has 0 amide bonds. The molecule has 2 rings (SSSR count). The van der Waals surface area contributed by atoms with Crippen LogP contribution < -0.4 is 0 Å². The molecule has 1 aliphatic rings. The van der Waals surface area contributed by atoms with Crippen molar-refractivity contribution in [1.82, 2.24) is 9.80 Å². The zero-order valence-corrected chi connectivity index (χ0v) is 13.1. The monoisotopic (exact) mass is 330 g/mol. The number of aliphatic hydroxyl groups excluding tert-OH is 2. The van der Waals surface area contributed by atoms with E-state index in [1.807, 2.05) is 4.90 Å². The number of hydrogen-bond acceptors (Lipinski definition) is 5. The van der Waals surface area contributed by atoms with Gasteiger partial charge in [-0.2, -0.15) is 0 Å². The number of nitrogens with zero attached hydrogens (tertiary/aromatic N) is 2. The van der Waals surface area contributed by atoms with Crippen LogP contribution in [0.4, 0.5) is 8.78 Å². The van der Waals surface area contributed by atoms with E-state index in [1.165, 1.54) is 6.07 Å². The lowest BCUT2D eigenvalue weighted by Crippen LogP contribution is -2.43. The van der Waals surface area contributed by atoms with E-state index < -0.39 is 17.7 Å². The number of morpholine rings is 1. The van der Waals surface area contributed by atoms with Gasteiger partial charge in [0.15, 0.2) is 0 Å². The Balaban J connectivity index is 1.89. The summed E-state index contributed by atoms with van der Waals surface area (Å²) >= 11 is 0. The van der Waals surface area contributed by atoms with Crippen LogP contribution in [-0.4, -0.2) is 79.1 Å². The molecule has 1 aromatic carbocycles. The average Bonchev–Trinajstić information content (AvgIpc) is 2.53. The second-order valence-electron chi connectivity index (χ2n) is 5.66. The van der Waals surface area contributed by atoms with Gasteiger partial charge in [0.25, 0.3) is 0 Å². The Kier molecular flexibility index (Phi) is 7.32. The molecule has 0 spiro atoms. The van der Waals surface area contributed by atoms with E-state index in [9.17, 15) is 13.9 Å². The van der Waals surface area contributed by atoms with Gasteiger partial charge in [0, 0.05) is 50.9 Å². The van der Waals surface area contributed by atoms with Gasteiger partial charge in [-0.25, -0.2) is 8.78 Å². The number of aliphatic hydroxyl groups is 2. The van der Waals surface area contributed by atoms with Crippen molar-refractivity contribution in [3.05, 3.63) is 35.4 Å². The molecule has 1 heterocycles.